The van der Waals surface area contributed by atoms with Crippen molar-refractivity contribution in [1.82, 2.24) is 0 Å². The summed E-state index contributed by atoms with van der Waals surface area (Å²) < 4.78 is 23.4. The van der Waals surface area contributed by atoms with E-state index in [-0.39, 0.29) is 11.5 Å². The van der Waals surface area contributed by atoms with Crippen LogP contribution in [0, 0.1) is 11.3 Å². The molecule has 1 aliphatic rings. The fraction of sp³-hybridized carbons (Fsp3) is 0.364. The molecule has 1 aromatic rings. The van der Waals surface area contributed by atoms with E-state index in [0.29, 0.717) is 15.7 Å². The largest absolute Gasteiger partial charge is 0.390 e. The molecule has 0 aromatic heterocycles. The number of rotatable bonds is 2. The minimum Gasteiger partial charge on any atom is -0.390 e. The molecule has 0 saturated carbocycles. The summed E-state index contributed by atoms with van der Waals surface area (Å²) in [4.78, 5) is 0. The van der Waals surface area contributed by atoms with Crippen LogP contribution in [0.3, 0.4) is 0 Å². The number of benzene rings is 1. The van der Waals surface area contributed by atoms with E-state index < -0.39 is 22.0 Å². The summed E-state index contributed by atoms with van der Waals surface area (Å²) in [7, 11) is -3.17. The third kappa shape index (κ3) is 2.83. The average molecular weight is 331 g/mol. The molecule has 5 nitrogen and oxygen atoms in total. The monoisotopic (exact) mass is 330 g/mol. The highest BCUT2D eigenvalue weighted by Crippen LogP contribution is 2.26. The van der Waals surface area contributed by atoms with Crippen molar-refractivity contribution < 1.29 is 13.5 Å². The quantitative estimate of drug-likeness (QED) is 0.840. The predicted molar refractivity (Wildman–Crippen MR) is 70.9 cm³/mol. The van der Waals surface area contributed by atoms with Crippen LogP contribution in [-0.2, 0) is 9.84 Å². The molecule has 2 unspecified atom stereocenters. The third-order valence-electron chi connectivity index (χ3n) is 2.76. The van der Waals surface area contributed by atoms with Gasteiger partial charge >= 0.3 is 0 Å². The topological polar surface area (TPSA) is 90.2 Å². The standard InChI is InChI=1S/C11H11BrN2O3S/c12-8-3-7(4-13)1-2-9(8)14-10-5-18(16,17)6-11(10)15/h1-3,10-11,14-15H,5-6H2. The summed E-state index contributed by atoms with van der Waals surface area (Å²) in [6.45, 7) is 0. The Balaban J connectivity index is 2.18. The number of hydrogen-bond acceptors (Lipinski definition) is 5. The van der Waals surface area contributed by atoms with Crippen LogP contribution in [0.25, 0.3) is 0 Å². The fourth-order valence-electron chi connectivity index (χ4n) is 1.87. The fourth-order valence-corrected chi connectivity index (χ4v) is 4.10. The van der Waals surface area contributed by atoms with Gasteiger partial charge in [0.05, 0.1) is 35.3 Å². The van der Waals surface area contributed by atoms with Crippen LogP contribution >= 0.6 is 15.9 Å². The summed E-state index contributed by atoms with van der Waals surface area (Å²) >= 11 is 3.30. The van der Waals surface area contributed by atoms with Crippen molar-refractivity contribution in [3.63, 3.8) is 0 Å². The van der Waals surface area contributed by atoms with E-state index in [1.165, 1.54) is 0 Å². The second-order valence-corrected chi connectivity index (χ2v) is 7.21. The zero-order chi connectivity index (χ0) is 13.3. The molecular weight excluding hydrogens is 320 g/mol. The minimum atomic E-state index is -3.17. The first-order valence-corrected chi connectivity index (χ1v) is 7.87. The third-order valence-corrected chi connectivity index (χ3v) is 5.13. The van der Waals surface area contributed by atoms with E-state index >= 15 is 0 Å². The van der Waals surface area contributed by atoms with Gasteiger partial charge in [-0.15, -0.1) is 0 Å². The molecule has 1 aromatic carbocycles. The number of aliphatic hydroxyl groups is 1. The van der Waals surface area contributed by atoms with Gasteiger partial charge in [-0.1, -0.05) is 0 Å². The number of nitriles is 1. The Hall–Kier alpha value is -1.10. The van der Waals surface area contributed by atoms with Crippen LogP contribution in [0.2, 0.25) is 0 Å². The Morgan fingerprint density at radius 2 is 2.17 bits per heavy atom. The Bertz CT molecular complexity index is 609. The van der Waals surface area contributed by atoms with Crippen molar-refractivity contribution in [2.24, 2.45) is 0 Å². The van der Waals surface area contributed by atoms with Gasteiger partial charge in [0.25, 0.3) is 0 Å². The maximum absolute atomic E-state index is 11.4. The first-order chi connectivity index (χ1) is 8.41. The van der Waals surface area contributed by atoms with E-state index in [0.717, 1.165) is 0 Å². The van der Waals surface area contributed by atoms with Crippen molar-refractivity contribution in [3.8, 4) is 6.07 Å². The molecule has 0 radical (unpaired) electrons. The Morgan fingerprint density at radius 1 is 1.44 bits per heavy atom. The predicted octanol–water partition coefficient (Wildman–Crippen LogP) is 0.891. The molecule has 2 N–H and O–H groups in total. The van der Waals surface area contributed by atoms with Gasteiger partial charge in [0.15, 0.2) is 9.84 Å². The van der Waals surface area contributed by atoms with Crippen molar-refractivity contribution in [2.75, 3.05) is 16.8 Å². The smallest absolute Gasteiger partial charge is 0.155 e. The van der Waals surface area contributed by atoms with E-state index in [4.69, 9.17) is 5.26 Å². The highest BCUT2D eigenvalue weighted by Gasteiger charge is 2.36. The Labute approximate surface area is 113 Å². The zero-order valence-corrected chi connectivity index (χ0v) is 11.7. The second kappa shape index (κ2) is 4.88. The summed E-state index contributed by atoms with van der Waals surface area (Å²) in [5.41, 5.74) is 1.17. The number of aliphatic hydroxyl groups excluding tert-OH is 1. The first-order valence-electron chi connectivity index (χ1n) is 5.26. The van der Waals surface area contributed by atoms with Crippen molar-refractivity contribution in [3.05, 3.63) is 28.2 Å². The number of sulfone groups is 1. The first kappa shape index (κ1) is 13.3. The van der Waals surface area contributed by atoms with Gasteiger partial charge in [-0.3, -0.25) is 0 Å². The SMILES string of the molecule is N#Cc1ccc(NC2CS(=O)(=O)CC2O)c(Br)c1. The normalized spacial score (nSPS) is 25.6. The van der Waals surface area contributed by atoms with E-state index in [1.807, 2.05) is 6.07 Å². The lowest BCUT2D eigenvalue weighted by Crippen LogP contribution is -2.31. The lowest BCUT2D eigenvalue weighted by Gasteiger charge is -2.17. The van der Waals surface area contributed by atoms with Gasteiger partial charge in [0.2, 0.25) is 0 Å². The molecule has 0 aliphatic carbocycles. The second-order valence-electron chi connectivity index (χ2n) is 4.20. The molecule has 0 amide bonds. The van der Waals surface area contributed by atoms with Crippen molar-refractivity contribution in [1.29, 1.82) is 5.26 Å². The molecule has 18 heavy (non-hydrogen) atoms. The average Bonchev–Trinajstić information content (AvgIpc) is 2.54. The van der Waals surface area contributed by atoms with Gasteiger partial charge in [0.1, 0.15) is 0 Å². The minimum absolute atomic E-state index is 0.0827. The van der Waals surface area contributed by atoms with E-state index in [1.54, 1.807) is 18.2 Å². The summed E-state index contributed by atoms with van der Waals surface area (Å²) in [5.74, 6) is -0.292. The summed E-state index contributed by atoms with van der Waals surface area (Å²) in [6, 6.07) is 6.44. The molecule has 0 spiro atoms. The lowest BCUT2D eigenvalue weighted by molar-refractivity contribution is 0.190. The number of anilines is 1. The number of hydrogen-bond donors (Lipinski definition) is 2. The molecule has 1 heterocycles. The van der Waals surface area contributed by atoms with Crippen LogP contribution in [0.15, 0.2) is 22.7 Å². The van der Waals surface area contributed by atoms with Gasteiger partial charge < -0.3 is 10.4 Å². The van der Waals surface area contributed by atoms with Crippen LogP contribution in [0.4, 0.5) is 5.69 Å². The molecular formula is C11H11BrN2O3S. The Morgan fingerprint density at radius 3 is 2.67 bits per heavy atom. The van der Waals surface area contributed by atoms with E-state index in [9.17, 15) is 13.5 Å². The summed E-state index contributed by atoms with van der Waals surface area (Å²) in [5, 5.41) is 21.4. The molecule has 1 aliphatic heterocycles. The van der Waals surface area contributed by atoms with Crippen LogP contribution in [-0.4, -0.2) is 37.2 Å². The van der Waals surface area contributed by atoms with Crippen LogP contribution in [0.5, 0.6) is 0 Å². The molecule has 2 atom stereocenters. The van der Waals surface area contributed by atoms with Crippen LogP contribution in [0.1, 0.15) is 5.56 Å². The van der Waals surface area contributed by atoms with Crippen LogP contribution < -0.4 is 5.32 Å². The highest BCUT2D eigenvalue weighted by atomic mass is 79.9. The van der Waals surface area contributed by atoms with Gasteiger partial charge in [0, 0.05) is 10.2 Å². The maximum Gasteiger partial charge on any atom is 0.155 e. The van der Waals surface area contributed by atoms with Gasteiger partial charge in [-0.05, 0) is 34.1 Å². The number of nitrogens with zero attached hydrogens (tertiary/aromatic N) is 1. The zero-order valence-electron chi connectivity index (χ0n) is 9.30. The van der Waals surface area contributed by atoms with Gasteiger partial charge in [-0.25, -0.2) is 8.42 Å². The Kier molecular flexibility index (Phi) is 3.61. The van der Waals surface area contributed by atoms with Crippen molar-refractivity contribution in [2.45, 2.75) is 12.1 Å². The number of halogens is 1. The molecule has 0 bridgehead atoms. The molecule has 1 saturated heterocycles. The number of nitrogens with one attached hydrogen (secondary N) is 1. The maximum atomic E-state index is 11.4. The molecule has 2 rings (SSSR count). The molecule has 96 valence electrons. The highest BCUT2D eigenvalue weighted by molar-refractivity contribution is 9.10. The summed E-state index contributed by atoms with van der Waals surface area (Å²) in [6.07, 6.45) is -0.905. The van der Waals surface area contributed by atoms with Gasteiger partial charge in [-0.2, -0.15) is 5.26 Å². The van der Waals surface area contributed by atoms with Crippen molar-refractivity contribution >= 4 is 31.5 Å². The molecule has 7 heteroatoms. The molecule has 1 fully saturated rings. The lowest BCUT2D eigenvalue weighted by atomic mass is 10.2. The van der Waals surface area contributed by atoms with E-state index in [2.05, 4.69) is 21.2 Å².